The van der Waals surface area contributed by atoms with Gasteiger partial charge in [0.1, 0.15) is 30.3 Å². The van der Waals surface area contributed by atoms with E-state index in [1.165, 1.54) is 27.1 Å². The molecule has 1 saturated heterocycles. The Balaban J connectivity index is 1.67. The van der Waals surface area contributed by atoms with Crippen LogP contribution in [0, 0.1) is 0 Å². The fourth-order valence-electron chi connectivity index (χ4n) is 3.55. The van der Waals surface area contributed by atoms with Gasteiger partial charge in [-0.3, -0.25) is 0 Å². The Hall–Kier alpha value is -1.28. The van der Waals surface area contributed by atoms with Crippen LogP contribution in [0.3, 0.4) is 0 Å². The van der Waals surface area contributed by atoms with Crippen LogP contribution in [0.5, 0.6) is 0 Å². The van der Waals surface area contributed by atoms with Crippen LogP contribution in [-0.2, 0) is 24.1 Å². The number of fused-ring (bicyclic) bond motifs is 3. The summed E-state index contributed by atoms with van der Waals surface area (Å²) in [6, 6.07) is 0. The molecule has 0 saturated carbocycles. The molecular formula is C17H25N4O2S+. The second-order valence-electron chi connectivity index (χ2n) is 6.80. The van der Waals surface area contributed by atoms with Crippen LogP contribution in [0.4, 0.5) is 5.82 Å². The number of aryl methyl sites for hydroxylation is 2. The molecule has 2 aromatic heterocycles. The van der Waals surface area contributed by atoms with Gasteiger partial charge in [0.15, 0.2) is 5.82 Å². The smallest absolute Gasteiger partial charge is 0.187 e. The van der Waals surface area contributed by atoms with Crippen LogP contribution in [0.15, 0.2) is 0 Å². The molecule has 1 aliphatic heterocycles. The highest BCUT2D eigenvalue weighted by molar-refractivity contribution is 7.19. The molecule has 0 unspecified atom stereocenters. The Morgan fingerprint density at radius 3 is 2.92 bits per heavy atom. The van der Waals surface area contributed by atoms with Crippen molar-refractivity contribution in [3.05, 3.63) is 16.3 Å². The molecule has 3 heterocycles. The van der Waals surface area contributed by atoms with Crippen LogP contribution >= 0.6 is 11.3 Å². The van der Waals surface area contributed by atoms with Crippen molar-refractivity contribution < 1.29 is 14.7 Å². The van der Waals surface area contributed by atoms with Gasteiger partial charge in [-0.2, -0.15) is 0 Å². The van der Waals surface area contributed by atoms with Crippen molar-refractivity contribution in [3.8, 4) is 0 Å². The highest BCUT2D eigenvalue weighted by atomic mass is 32.1. The number of nitrogens with one attached hydrogen (secondary N) is 2. The predicted octanol–water partition coefficient (Wildman–Crippen LogP) is 0.388. The summed E-state index contributed by atoms with van der Waals surface area (Å²) in [4.78, 5) is 13.7. The van der Waals surface area contributed by atoms with Crippen LogP contribution in [-0.4, -0.2) is 54.0 Å². The minimum atomic E-state index is -0.394. The van der Waals surface area contributed by atoms with Gasteiger partial charge in [-0.25, -0.2) is 9.97 Å². The molecular weight excluding hydrogens is 324 g/mol. The number of aromatic nitrogens is 2. The van der Waals surface area contributed by atoms with E-state index in [-0.39, 0.29) is 0 Å². The summed E-state index contributed by atoms with van der Waals surface area (Å²) < 4.78 is 5.44. The van der Waals surface area contributed by atoms with E-state index in [2.05, 4.69) is 5.32 Å². The van der Waals surface area contributed by atoms with Gasteiger partial charge in [-0.05, 0) is 31.7 Å². The first-order valence-corrected chi connectivity index (χ1v) is 9.67. The quantitative estimate of drug-likeness (QED) is 0.728. The minimum absolute atomic E-state index is 0.394. The lowest BCUT2D eigenvalue weighted by Gasteiger charge is -2.23. The summed E-state index contributed by atoms with van der Waals surface area (Å²) in [5.41, 5.74) is 1.42. The van der Waals surface area contributed by atoms with Gasteiger partial charge >= 0.3 is 0 Å². The van der Waals surface area contributed by atoms with Gasteiger partial charge in [-0.1, -0.05) is 0 Å². The molecule has 1 aliphatic carbocycles. The SMILES string of the molecule is C[C@@H](O)CNc1nc(C[NH+]2CCOCC2)nc2sc3c(c12)CCC3. The third-order valence-electron chi connectivity index (χ3n) is 4.78. The van der Waals surface area contributed by atoms with Crippen LogP contribution in [0.25, 0.3) is 10.2 Å². The molecule has 0 bridgehead atoms. The number of thiophene rings is 1. The van der Waals surface area contributed by atoms with Gasteiger partial charge in [0.25, 0.3) is 0 Å². The van der Waals surface area contributed by atoms with Crippen molar-refractivity contribution in [2.45, 2.75) is 38.8 Å². The molecule has 3 N–H and O–H groups in total. The van der Waals surface area contributed by atoms with E-state index in [1.54, 1.807) is 6.92 Å². The topological polar surface area (TPSA) is 71.7 Å². The number of nitrogens with zero attached hydrogens (tertiary/aromatic N) is 2. The zero-order valence-electron chi connectivity index (χ0n) is 14.1. The van der Waals surface area contributed by atoms with Gasteiger partial charge in [0.2, 0.25) is 0 Å². The highest BCUT2D eigenvalue weighted by Gasteiger charge is 2.24. The van der Waals surface area contributed by atoms with Gasteiger partial charge in [0.05, 0.1) is 24.7 Å². The zero-order chi connectivity index (χ0) is 16.5. The molecule has 24 heavy (non-hydrogen) atoms. The molecule has 7 heteroatoms. The van der Waals surface area contributed by atoms with E-state index < -0.39 is 6.10 Å². The second-order valence-corrected chi connectivity index (χ2v) is 7.88. The molecule has 1 atom stereocenters. The molecule has 6 nitrogen and oxygen atoms in total. The average molecular weight is 349 g/mol. The number of ether oxygens (including phenoxy) is 1. The summed E-state index contributed by atoms with van der Waals surface area (Å²) in [5, 5.41) is 14.2. The molecule has 2 aromatic rings. The number of aliphatic hydroxyl groups excluding tert-OH is 1. The maximum Gasteiger partial charge on any atom is 0.187 e. The van der Waals surface area contributed by atoms with E-state index in [0.29, 0.717) is 6.54 Å². The van der Waals surface area contributed by atoms with E-state index in [9.17, 15) is 5.11 Å². The van der Waals surface area contributed by atoms with E-state index >= 15 is 0 Å². The maximum absolute atomic E-state index is 9.64. The molecule has 130 valence electrons. The van der Waals surface area contributed by atoms with Crippen molar-refractivity contribution >= 4 is 27.4 Å². The number of hydrogen-bond acceptors (Lipinski definition) is 6. The van der Waals surface area contributed by atoms with Crippen molar-refractivity contribution in [2.75, 3.05) is 38.2 Å². The van der Waals surface area contributed by atoms with Gasteiger partial charge in [0, 0.05) is 11.4 Å². The minimum Gasteiger partial charge on any atom is -0.392 e. The Kier molecular flexibility index (Phi) is 4.67. The zero-order valence-corrected chi connectivity index (χ0v) is 14.9. The van der Waals surface area contributed by atoms with Crippen LogP contribution < -0.4 is 10.2 Å². The first-order chi connectivity index (χ1) is 11.7. The molecule has 1 fully saturated rings. The number of morpholine rings is 1. The first-order valence-electron chi connectivity index (χ1n) is 8.85. The number of anilines is 1. The summed E-state index contributed by atoms with van der Waals surface area (Å²) in [6.45, 7) is 6.81. The van der Waals surface area contributed by atoms with Crippen molar-refractivity contribution in [3.63, 3.8) is 0 Å². The molecule has 2 aliphatic rings. The van der Waals surface area contributed by atoms with Gasteiger partial charge < -0.3 is 20.1 Å². The maximum atomic E-state index is 9.64. The van der Waals surface area contributed by atoms with E-state index in [0.717, 1.165) is 62.2 Å². The largest absolute Gasteiger partial charge is 0.392 e. The van der Waals surface area contributed by atoms with Gasteiger partial charge in [-0.15, -0.1) is 11.3 Å². The molecule has 4 rings (SSSR count). The van der Waals surface area contributed by atoms with Crippen LogP contribution in [0.1, 0.15) is 29.6 Å². The second kappa shape index (κ2) is 6.92. The van der Waals surface area contributed by atoms with Crippen molar-refractivity contribution in [2.24, 2.45) is 0 Å². The fraction of sp³-hybridized carbons (Fsp3) is 0.647. The standard InChI is InChI=1S/C17H24N4O2S/c1-11(22)9-18-16-15-12-3-2-4-13(12)24-17(15)20-14(19-16)10-21-5-7-23-8-6-21/h11,22H,2-10H2,1H3,(H,18,19,20)/p+1/t11-/m1/s1. The summed E-state index contributed by atoms with van der Waals surface area (Å²) in [5.74, 6) is 1.80. The monoisotopic (exact) mass is 349 g/mol. The predicted molar refractivity (Wildman–Crippen MR) is 94.8 cm³/mol. The lowest BCUT2D eigenvalue weighted by Crippen LogP contribution is -3.12. The normalized spacial score (nSPS) is 19.6. The molecule has 0 aromatic carbocycles. The van der Waals surface area contributed by atoms with Crippen molar-refractivity contribution in [1.29, 1.82) is 0 Å². The summed E-state index contributed by atoms with van der Waals surface area (Å²) in [7, 11) is 0. The molecule has 0 spiro atoms. The number of rotatable bonds is 5. The number of hydrogen-bond donors (Lipinski definition) is 3. The number of quaternary nitrogens is 1. The lowest BCUT2D eigenvalue weighted by molar-refractivity contribution is -0.922. The third kappa shape index (κ3) is 3.26. The Labute approximate surface area is 145 Å². The van der Waals surface area contributed by atoms with Crippen LogP contribution in [0.2, 0.25) is 0 Å². The fourth-order valence-corrected chi connectivity index (χ4v) is 4.83. The third-order valence-corrected chi connectivity index (χ3v) is 5.97. The average Bonchev–Trinajstić information content (AvgIpc) is 3.14. The number of aliphatic hydroxyl groups is 1. The summed E-state index contributed by atoms with van der Waals surface area (Å²) >= 11 is 1.82. The summed E-state index contributed by atoms with van der Waals surface area (Å²) in [6.07, 6.45) is 3.12. The highest BCUT2D eigenvalue weighted by Crippen LogP contribution is 2.39. The van der Waals surface area contributed by atoms with E-state index in [4.69, 9.17) is 14.7 Å². The Morgan fingerprint density at radius 1 is 1.29 bits per heavy atom. The Bertz CT molecular complexity index is 725. The van der Waals surface area contributed by atoms with E-state index in [1.807, 2.05) is 11.3 Å². The first kappa shape index (κ1) is 16.2. The molecule has 0 amide bonds. The molecule has 0 radical (unpaired) electrons. The van der Waals surface area contributed by atoms with Crippen molar-refractivity contribution in [1.82, 2.24) is 9.97 Å². The Morgan fingerprint density at radius 2 is 2.12 bits per heavy atom. The lowest BCUT2D eigenvalue weighted by atomic mass is 10.2.